The maximum Gasteiger partial charge on any atom is 0.284 e. The molecule has 1 atom stereocenters. The zero-order valence-electron chi connectivity index (χ0n) is 14.8. The molecule has 2 aromatic carbocycles. The summed E-state index contributed by atoms with van der Waals surface area (Å²) in [5.74, 6) is -0.542. The van der Waals surface area contributed by atoms with Crippen LogP contribution in [-0.4, -0.2) is 36.4 Å². The normalized spacial score (nSPS) is 15.2. The number of carbonyl (C=O) groups is 1. The Morgan fingerprint density at radius 2 is 2.14 bits per heavy atom. The van der Waals surface area contributed by atoms with E-state index < -0.39 is 28.4 Å². The van der Waals surface area contributed by atoms with E-state index in [9.17, 15) is 20.0 Å². The number of nitrogens with one attached hydrogen (secondary N) is 1. The zero-order chi connectivity index (χ0) is 20.1. The molecule has 28 heavy (non-hydrogen) atoms. The van der Waals surface area contributed by atoms with E-state index in [-0.39, 0.29) is 24.5 Å². The van der Waals surface area contributed by atoms with Gasteiger partial charge in [-0.3, -0.25) is 14.9 Å². The van der Waals surface area contributed by atoms with E-state index in [4.69, 9.17) is 14.2 Å². The first kappa shape index (κ1) is 19.0. The lowest BCUT2D eigenvalue weighted by molar-refractivity contribution is -0.398. The molecule has 0 aliphatic carbocycles. The Kier molecular flexibility index (Phi) is 5.58. The van der Waals surface area contributed by atoms with E-state index in [1.54, 1.807) is 31.2 Å². The first-order chi connectivity index (χ1) is 13.5. The molecule has 0 radical (unpaired) electrons. The third-order valence-electron chi connectivity index (χ3n) is 3.74. The molecule has 1 heterocycles. The smallest absolute Gasteiger partial charge is 0.284 e. The molecule has 146 valence electrons. The van der Waals surface area contributed by atoms with Crippen LogP contribution in [0, 0.1) is 10.1 Å². The van der Waals surface area contributed by atoms with E-state index in [0.29, 0.717) is 11.5 Å². The van der Waals surface area contributed by atoms with Crippen molar-refractivity contribution in [2.75, 3.05) is 13.2 Å². The van der Waals surface area contributed by atoms with Crippen molar-refractivity contribution in [3.63, 3.8) is 0 Å². The van der Waals surface area contributed by atoms with Crippen LogP contribution in [-0.2, 0) is 4.79 Å². The van der Waals surface area contributed by atoms with E-state index in [1.165, 1.54) is 12.3 Å². The summed E-state index contributed by atoms with van der Waals surface area (Å²) in [5, 5.41) is 26.7. The molecule has 0 spiro atoms. The van der Waals surface area contributed by atoms with E-state index >= 15 is 0 Å². The molecule has 1 amide bonds. The number of benzene rings is 2. The highest BCUT2D eigenvalue weighted by atomic mass is 16.6. The van der Waals surface area contributed by atoms with Crippen molar-refractivity contribution in [1.29, 1.82) is 0 Å². The standard InChI is InChI=1S/C18H17N3O7/c1-2-26-15-8-11(7-12(17(15)22)21(24)25)9-19-20-18(23)16-10-27-13-5-3-4-6-14(13)28-16/h3-9,16,22H,2,10H2,1H3,(H,20,23)/p-1/t16-/m1/s1. The van der Waals surface area contributed by atoms with Crippen molar-refractivity contribution in [2.45, 2.75) is 13.0 Å². The van der Waals surface area contributed by atoms with Crippen LogP contribution in [0.1, 0.15) is 12.5 Å². The molecule has 3 rings (SSSR count). The predicted octanol–water partition coefficient (Wildman–Crippen LogP) is 1.36. The number of nitro benzene ring substituents is 1. The molecule has 10 nitrogen and oxygen atoms in total. The van der Waals surface area contributed by atoms with Crippen molar-refractivity contribution in [2.24, 2.45) is 5.10 Å². The second-order valence-corrected chi connectivity index (χ2v) is 5.66. The first-order valence-corrected chi connectivity index (χ1v) is 8.33. The molecule has 0 bridgehead atoms. The van der Waals surface area contributed by atoms with Crippen LogP contribution >= 0.6 is 0 Å². The second kappa shape index (κ2) is 8.25. The van der Waals surface area contributed by atoms with Gasteiger partial charge in [0, 0.05) is 17.4 Å². The molecule has 10 heteroatoms. The fraction of sp³-hybridized carbons (Fsp3) is 0.222. The van der Waals surface area contributed by atoms with Crippen LogP contribution in [0.25, 0.3) is 0 Å². The van der Waals surface area contributed by atoms with Crippen LogP contribution < -0.4 is 24.7 Å². The van der Waals surface area contributed by atoms with Crippen molar-refractivity contribution in [3.05, 3.63) is 52.1 Å². The molecule has 0 saturated heterocycles. The lowest BCUT2D eigenvalue weighted by Crippen LogP contribution is -2.42. The van der Waals surface area contributed by atoms with Crippen LogP contribution in [0.5, 0.6) is 23.0 Å². The highest BCUT2D eigenvalue weighted by Crippen LogP contribution is 2.34. The fourth-order valence-electron chi connectivity index (χ4n) is 2.47. The van der Waals surface area contributed by atoms with Gasteiger partial charge in [-0.1, -0.05) is 12.1 Å². The molecular weight excluding hydrogens is 370 g/mol. The SMILES string of the molecule is CCOc1cc(C=NNC(=O)[C@H]2COc3ccccc3O2)cc([N+](=O)[O-])c1[O-]. The van der Waals surface area contributed by atoms with Gasteiger partial charge >= 0.3 is 0 Å². The van der Waals surface area contributed by atoms with Gasteiger partial charge in [0.25, 0.3) is 11.6 Å². The molecule has 0 unspecified atom stereocenters. The lowest BCUT2D eigenvalue weighted by Gasteiger charge is -2.24. The Morgan fingerprint density at radius 1 is 1.39 bits per heavy atom. The van der Waals surface area contributed by atoms with Crippen LogP contribution in [0.3, 0.4) is 0 Å². The number of carbonyl (C=O) groups excluding carboxylic acids is 1. The number of para-hydroxylation sites is 2. The molecule has 1 N–H and O–H groups in total. The fourth-order valence-corrected chi connectivity index (χ4v) is 2.47. The predicted molar refractivity (Wildman–Crippen MR) is 95.8 cm³/mol. The number of ether oxygens (including phenoxy) is 3. The van der Waals surface area contributed by atoms with Gasteiger partial charge in [0.15, 0.2) is 11.5 Å². The van der Waals surface area contributed by atoms with Gasteiger partial charge in [0.1, 0.15) is 12.4 Å². The van der Waals surface area contributed by atoms with Gasteiger partial charge in [-0.25, -0.2) is 5.43 Å². The summed E-state index contributed by atoms with van der Waals surface area (Å²) in [4.78, 5) is 22.4. The van der Waals surface area contributed by atoms with Crippen molar-refractivity contribution in [1.82, 2.24) is 5.43 Å². The molecule has 0 fully saturated rings. The second-order valence-electron chi connectivity index (χ2n) is 5.66. The largest absolute Gasteiger partial charge is 0.865 e. The Hall–Kier alpha value is -3.82. The number of hydrogen-bond donors (Lipinski definition) is 1. The summed E-state index contributed by atoms with van der Waals surface area (Å²) in [5.41, 5.74) is 1.87. The van der Waals surface area contributed by atoms with Crippen LogP contribution in [0.15, 0.2) is 41.5 Å². The maximum atomic E-state index is 12.2. The Balaban J connectivity index is 1.69. The number of hydrazone groups is 1. The van der Waals surface area contributed by atoms with Gasteiger partial charge in [0.2, 0.25) is 6.10 Å². The number of hydrogen-bond acceptors (Lipinski definition) is 8. The van der Waals surface area contributed by atoms with Gasteiger partial charge < -0.3 is 19.3 Å². The van der Waals surface area contributed by atoms with Gasteiger partial charge in [-0.15, -0.1) is 0 Å². The number of nitro groups is 1. The number of fused-ring (bicyclic) bond motifs is 1. The quantitative estimate of drug-likeness (QED) is 0.450. The summed E-state index contributed by atoms with van der Waals surface area (Å²) < 4.78 is 16.1. The Bertz CT molecular complexity index is 929. The number of nitrogens with zero attached hydrogens (tertiary/aromatic N) is 2. The van der Waals surface area contributed by atoms with Gasteiger partial charge in [-0.05, 0) is 25.1 Å². The number of amides is 1. The van der Waals surface area contributed by atoms with Crippen molar-refractivity contribution >= 4 is 17.8 Å². The molecular formula is C18H16N3O7-. The Labute approximate surface area is 159 Å². The maximum absolute atomic E-state index is 12.2. The van der Waals surface area contributed by atoms with E-state index in [2.05, 4.69) is 10.5 Å². The van der Waals surface area contributed by atoms with Crippen molar-refractivity contribution in [3.8, 4) is 23.0 Å². The average molecular weight is 386 g/mol. The highest BCUT2D eigenvalue weighted by molar-refractivity contribution is 5.86. The zero-order valence-corrected chi connectivity index (χ0v) is 14.8. The summed E-state index contributed by atoms with van der Waals surface area (Å²) in [7, 11) is 0. The molecule has 2 aromatic rings. The third-order valence-corrected chi connectivity index (χ3v) is 3.74. The summed E-state index contributed by atoms with van der Waals surface area (Å²) >= 11 is 0. The minimum atomic E-state index is -0.899. The third kappa shape index (κ3) is 4.11. The van der Waals surface area contributed by atoms with E-state index in [1.807, 2.05) is 0 Å². The molecule has 0 saturated carbocycles. The Morgan fingerprint density at radius 3 is 2.86 bits per heavy atom. The molecule has 1 aliphatic heterocycles. The topological polar surface area (TPSA) is 135 Å². The first-order valence-electron chi connectivity index (χ1n) is 8.33. The summed E-state index contributed by atoms with van der Waals surface area (Å²) in [6.07, 6.45) is 0.272. The number of rotatable bonds is 6. The van der Waals surface area contributed by atoms with Crippen LogP contribution in [0.2, 0.25) is 0 Å². The monoisotopic (exact) mass is 386 g/mol. The average Bonchev–Trinajstić information content (AvgIpc) is 2.69. The molecule has 1 aliphatic rings. The van der Waals surface area contributed by atoms with Crippen molar-refractivity contribution < 1.29 is 29.0 Å². The van der Waals surface area contributed by atoms with Crippen LogP contribution in [0.4, 0.5) is 5.69 Å². The minimum absolute atomic E-state index is 0.0171. The van der Waals surface area contributed by atoms with E-state index in [0.717, 1.165) is 6.07 Å². The minimum Gasteiger partial charge on any atom is -0.865 e. The highest BCUT2D eigenvalue weighted by Gasteiger charge is 2.27. The lowest BCUT2D eigenvalue weighted by atomic mass is 10.2. The summed E-state index contributed by atoms with van der Waals surface area (Å²) in [6.45, 7) is 1.84. The van der Waals surface area contributed by atoms with Gasteiger partial charge in [0.05, 0.1) is 17.7 Å². The van der Waals surface area contributed by atoms with Gasteiger partial charge in [-0.2, -0.15) is 5.10 Å². The summed E-state index contributed by atoms with van der Waals surface area (Å²) in [6, 6.07) is 9.31. The molecule has 0 aromatic heterocycles.